The molecule has 0 amide bonds. The maximum atomic E-state index is 10.3. The van der Waals surface area contributed by atoms with E-state index in [-0.39, 0.29) is 13.2 Å². The Balaban J connectivity index is 2.17. The van der Waals surface area contributed by atoms with E-state index in [1.54, 1.807) is 25.3 Å². The quantitative estimate of drug-likeness (QED) is 0.847. The zero-order valence-corrected chi connectivity index (χ0v) is 9.17. The number of oxazole rings is 1. The van der Waals surface area contributed by atoms with Gasteiger partial charge in [0.2, 0.25) is 5.89 Å². The van der Waals surface area contributed by atoms with Gasteiger partial charge >= 0.3 is 5.97 Å². The molecule has 0 bridgehead atoms. The molecule has 0 saturated heterocycles. The molecule has 1 N–H and O–H groups in total. The lowest BCUT2D eigenvalue weighted by Gasteiger charge is -1.96. The fourth-order valence-electron chi connectivity index (χ4n) is 1.42. The molecular weight excluding hydrogens is 226 g/mol. The van der Waals surface area contributed by atoms with Crippen LogP contribution in [0.5, 0.6) is 5.75 Å². The molecule has 6 heteroatoms. The maximum Gasteiger partial charge on any atom is 0.329 e. The van der Waals surface area contributed by atoms with Crippen molar-refractivity contribution in [2.45, 2.75) is 6.61 Å². The SMILES string of the molecule is COc1cccc2oc(COCC(=O)O)nc12. The predicted octanol–water partition coefficient (Wildman–Crippen LogP) is 1.44. The average Bonchev–Trinajstić information content (AvgIpc) is 2.70. The number of carbonyl (C=O) groups is 1. The zero-order valence-electron chi connectivity index (χ0n) is 9.17. The third-order valence-electron chi connectivity index (χ3n) is 2.10. The molecule has 0 unspecified atom stereocenters. The number of carboxylic acid groups (broad SMARTS) is 1. The van der Waals surface area contributed by atoms with Gasteiger partial charge in [-0.25, -0.2) is 9.78 Å². The van der Waals surface area contributed by atoms with Crippen LogP contribution >= 0.6 is 0 Å². The van der Waals surface area contributed by atoms with Crippen LogP contribution in [-0.2, 0) is 16.1 Å². The number of carboxylic acids is 1. The van der Waals surface area contributed by atoms with E-state index in [0.717, 1.165) is 0 Å². The smallest absolute Gasteiger partial charge is 0.329 e. The number of hydrogen-bond acceptors (Lipinski definition) is 5. The highest BCUT2D eigenvalue weighted by atomic mass is 16.5. The van der Waals surface area contributed by atoms with Crippen LogP contribution in [0.25, 0.3) is 11.1 Å². The minimum absolute atomic E-state index is 0.0180. The zero-order chi connectivity index (χ0) is 12.3. The predicted molar refractivity (Wildman–Crippen MR) is 57.9 cm³/mol. The number of ether oxygens (including phenoxy) is 2. The first kappa shape index (κ1) is 11.4. The van der Waals surface area contributed by atoms with Crippen molar-refractivity contribution in [2.75, 3.05) is 13.7 Å². The van der Waals surface area contributed by atoms with E-state index in [9.17, 15) is 4.79 Å². The highest BCUT2D eigenvalue weighted by Crippen LogP contribution is 2.25. The molecule has 0 aliphatic rings. The van der Waals surface area contributed by atoms with E-state index < -0.39 is 5.97 Å². The first-order valence-corrected chi connectivity index (χ1v) is 4.92. The van der Waals surface area contributed by atoms with Gasteiger partial charge in [0.05, 0.1) is 7.11 Å². The molecule has 0 atom stereocenters. The minimum Gasteiger partial charge on any atom is -0.494 e. The third kappa shape index (κ3) is 2.54. The second-order valence-corrected chi connectivity index (χ2v) is 3.30. The average molecular weight is 237 g/mol. The van der Waals surface area contributed by atoms with E-state index in [2.05, 4.69) is 4.98 Å². The largest absolute Gasteiger partial charge is 0.494 e. The van der Waals surface area contributed by atoms with Crippen molar-refractivity contribution in [1.82, 2.24) is 4.98 Å². The van der Waals surface area contributed by atoms with Crippen molar-refractivity contribution in [3.05, 3.63) is 24.1 Å². The fraction of sp³-hybridized carbons (Fsp3) is 0.273. The van der Waals surface area contributed by atoms with Gasteiger partial charge in [-0.1, -0.05) is 6.07 Å². The standard InChI is InChI=1S/C11H11NO5/c1-15-7-3-2-4-8-11(7)12-9(17-8)5-16-6-10(13)14/h2-4H,5-6H2,1H3,(H,13,14). The van der Waals surface area contributed by atoms with Crippen LogP contribution in [0.1, 0.15) is 5.89 Å². The lowest BCUT2D eigenvalue weighted by atomic mass is 10.3. The van der Waals surface area contributed by atoms with Crippen LogP contribution in [0, 0.1) is 0 Å². The normalized spacial score (nSPS) is 10.6. The lowest BCUT2D eigenvalue weighted by molar-refractivity contribution is -0.142. The Morgan fingerprint density at radius 2 is 2.35 bits per heavy atom. The minimum atomic E-state index is -1.03. The van der Waals surface area contributed by atoms with E-state index in [4.69, 9.17) is 19.0 Å². The van der Waals surface area contributed by atoms with Crippen LogP contribution in [-0.4, -0.2) is 29.8 Å². The van der Waals surface area contributed by atoms with Crippen LogP contribution < -0.4 is 4.74 Å². The molecule has 0 aliphatic carbocycles. The summed E-state index contributed by atoms with van der Waals surface area (Å²) in [6.07, 6.45) is 0. The number of rotatable bonds is 5. The van der Waals surface area contributed by atoms with E-state index in [1.807, 2.05) is 0 Å². The summed E-state index contributed by atoms with van der Waals surface area (Å²) in [5.74, 6) is -0.0971. The summed E-state index contributed by atoms with van der Waals surface area (Å²) < 4.78 is 15.4. The Morgan fingerprint density at radius 1 is 1.53 bits per heavy atom. The van der Waals surface area contributed by atoms with Crippen molar-refractivity contribution in [3.8, 4) is 5.75 Å². The van der Waals surface area contributed by atoms with Crippen molar-refractivity contribution < 1.29 is 23.8 Å². The van der Waals surface area contributed by atoms with Crippen LogP contribution in [0.3, 0.4) is 0 Å². The van der Waals surface area contributed by atoms with Gasteiger partial charge in [-0.2, -0.15) is 0 Å². The molecule has 0 fully saturated rings. The molecule has 0 radical (unpaired) electrons. The molecule has 1 aromatic carbocycles. The van der Waals surface area contributed by atoms with E-state index in [1.165, 1.54) is 0 Å². The first-order chi connectivity index (χ1) is 8.20. The number of hydrogen-bond donors (Lipinski definition) is 1. The topological polar surface area (TPSA) is 81.8 Å². The Kier molecular flexibility index (Phi) is 3.24. The molecule has 1 aromatic heterocycles. The summed E-state index contributed by atoms with van der Waals surface area (Å²) in [5, 5.41) is 8.42. The Morgan fingerprint density at radius 3 is 3.06 bits per heavy atom. The number of benzene rings is 1. The van der Waals surface area contributed by atoms with E-state index >= 15 is 0 Å². The fourth-order valence-corrected chi connectivity index (χ4v) is 1.42. The lowest BCUT2D eigenvalue weighted by Crippen LogP contribution is -2.06. The molecule has 90 valence electrons. The Labute approximate surface area is 96.8 Å². The summed E-state index contributed by atoms with van der Waals surface area (Å²) in [6.45, 7) is -0.361. The molecule has 1 heterocycles. The molecule has 0 aliphatic heterocycles. The van der Waals surface area contributed by atoms with Gasteiger partial charge in [0, 0.05) is 0 Å². The number of methoxy groups -OCH3 is 1. The number of nitrogens with zero attached hydrogens (tertiary/aromatic N) is 1. The van der Waals surface area contributed by atoms with Crippen molar-refractivity contribution in [2.24, 2.45) is 0 Å². The second kappa shape index (κ2) is 4.84. The maximum absolute atomic E-state index is 10.3. The number of aliphatic carboxylic acids is 1. The molecule has 17 heavy (non-hydrogen) atoms. The molecule has 0 spiro atoms. The van der Waals surface area contributed by atoms with Crippen molar-refractivity contribution >= 4 is 17.1 Å². The summed E-state index contributed by atoms with van der Waals surface area (Å²) in [6, 6.07) is 5.31. The van der Waals surface area contributed by atoms with Gasteiger partial charge in [0.1, 0.15) is 19.0 Å². The summed E-state index contributed by atoms with van der Waals surface area (Å²) in [7, 11) is 1.55. The van der Waals surface area contributed by atoms with Gasteiger partial charge in [-0.3, -0.25) is 0 Å². The third-order valence-corrected chi connectivity index (χ3v) is 2.10. The van der Waals surface area contributed by atoms with Gasteiger partial charge in [-0.05, 0) is 12.1 Å². The molecule has 2 aromatic rings. The van der Waals surface area contributed by atoms with Crippen LogP contribution in [0.15, 0.2) is 22.6 Å². The molecule has 6 nitrogen and oxygen atoms in total. The van der Waals surface area contributed by atoms with Crippen LogP contribution in [0.2, 0.25) is 0 Å². The first-order valence-electron chi connectivity index (χ1n) is 4.92. The summed E-state index contributed by atoms with van der Waals surface area (Å²) in [5.41, 5.74) is 1.18. The number of para-hydroxylation sites is 1. The number of aromatic nitrogens is 1. The molecule has 2 rings (SSSR count). The molecular formula is C11H11NO5. The van der Waals surface area contributed by atoms with Gasteiger partial charge < -0.3 is 19.0 Å². The highest BCUT2D eigenvalue weighted by Gasteiger charge is 2.10. The molecule has 0 saturated carbocycles. The Bertz CT molecular complexity index is 534. The highest BCUT2D eigenvalue weighted by molar-refractivity contribution is 5.79. The second-order valence-electron chi connectivity index (χ2n) is 3.30. The van der Waals surface area contributed by atoms with E-state index in [0.29, 0.717) is 22.7 Å². The van der Waals surface area contributed by atoms with Crippen molar-refractivity contribution in [1.29, 1.82) is 0 Å². The van der Waals surface area contributed by atoms with Gasteiger partial charge in [0.25, 0.3) is 0 Å². The monoisotopic (exact) mass is 237 g/mol. The van der Waals surface area contributed by atoms with Crippen molar-refractivity contribution in [3.63, 3.8) is 0 Å². The van der Waals surface area contributed by atoms with Crippen LogP contribution in [0.4, 0.5) is 0 Å². The van der Waals surface area contributed by atoms with Gasteiger partial charge in [-0.15, -0.1) is 0 Å². The van der Waals surface area contributed by atoms with Gasteiger partial charge in [0.15, 0.2) is 11.1 Å². The summed E-state index contributed by atoms with van der Waals surface area (Å²) in [4.78, 5) is 14.4. The number of fused-ring (bicyclic) bond motifs is 1. The Hall–Kier alpha value is -2.08. The summed E-state index contributed by atoms with van der Waals surface area (Å²) >= 11 is 0.